The van der Waals surface area contributed by atoms with Crippen molar-refractivity contribution in [2.75, 3.05) is 13.7 Å². The van der Waals surface area contributed by atoms with E-state index in [4.69, 9.17) is 4.74 Å². The molecule has 0 saturated carbocycles. The quantitative estimate of drug-likeness (QED) is 0.291. The molecule has 3 rings (SSSR count). The van der Waals surface area contributed by atoms with Gasteiger partial charge in [0.25, 0.3) is 5.91 Å². The molecule has 170 valence electrons. The summed E-state index contributed by atoms with van der Waals surface area (Å²) < 4.78 is 5.27. The average Bonchev–Trinajstić information content (AvgIpc) is 2.84. The number of aryl methyl sites for hydroxylation is 1. The number of benzene rings is 3. The summed E-state index contributed by atoms with van der Waals surface area (Å²) >= 11 is 0. The molecule has 1 atom stereocenters. The maximum atomic E-state index is 12.6. The molecule has 1 N–H and O–H groups in total. The minimum absolute atomic E-state index is 0.00739. The van der Waals surface area contributed by atoms with E-state index in [1.807, 2.05) is 36.4 Å². The van der Waals surface area contributed by atoms with Gasteiger partial charge in [0.2, 0.25) is 0 Å². The van der Waals surface area contributed by atoms with Crippen LogP contribution < -0.4 is 10.1 Å². The Labute approximate surface area is 193 Å². The fourth-order valence-electron chi connectivity index (χ4n) is 4.14. The molecule has 0 saturated heterocycles. The lowest BCUT2D eigenvalue weighted by atomic mass is 10.0. The lowest BCUT2D eigenvalue weighted by Crippen LogP contribution is -2.28. The Balaban J connectivity index is 1.27. The molecule has 0 fully saturated rings. The monoisotopic (exact) mass is 431 g/mol. The first-order valence-corrected chi connectivity index (χ1v) is 12.1. The maximum Gasteiger partial charge on any atom is 0.251 e. The predicted octanol–water partition coefficient (Wildman–Crippen LogP) is 7.19. The summed E-state index contributed by atoms with van der Waals surface area (Å²) in [7, 11) is 1.66. The number of carbonyl (C=O) groups excluding carboxylic acids is 1. The molecular weight excluding hydrogens is 394 g/mol. The number of hydrogen-bond acceptors (Lipinski definition) is 2. The van der Waals surface area contributed by atoms with Crippen molar-refractivity contribution in [3.05, 3.63) is 77.9 Å². The summed E-state index contributed by atoms with van der Waals surface area (Å²) in [6, 6.07) is 22.5. The van der Waals surface area contributed by atoms with Crippen molar-refractivity contribution in [1.82, 2.24) is 5.32 Å². The lowest BCUT2D eigenvalue weighted by Gasteiger charge is -2.13. The second kappa shape index (κ2) is 12.9. The van der Waals surface area contributed by atoms with Gasteiger partial charge in [-0.2, -0.15) is 0 Å². The molecule has 0 radical (unpaired) electrons. The average molecular weight is 432 g/mol. The minimum Gasteiger partial charge on any atom is -0.497 e. The number of fused-ring (bicyclic) bond motifs is 1. The summed E-state index contributed by atoms with van der Waals surface area (Å²) in [5, 5.41) is 5.24. The zero-order chi connectivity index (χ0) is 22.6. The van der Waals surface area contributed by atoms with Gasteiger partial charge in [0.1, 0.15) is 5.75 Å². The topological polar surface area (TPSA) is 38.3 Å². The molecule has 0 unspecified atom stereocenters. The Bertz CT molecular complexity index is 967. The standard InChI is InChI=1S/C29H37NO2/c1-23(12-8-5-3-4-6-9-13-24-14-10-7-11-15-24)22-30-29(31)27-17-16-26-21-28(32-2)19-18-25(26)20-27/h7,10-11,14-21,23H,3-6,8-9,12-13,22H2,1-2H3,(H,30,31)/t23-/m1/s1. The van der Waals surface area contributed by atoms with Gasteiger partial charge in [-0.15, -0.1) is 0 Å². The Kier molecular flexibility index (Phi) is 9.61. The third kappa shape index (κ3) is 7.71. The zero-order valence-corrected chi connectivity index (χ0v) is 19.6. The van der Waals surface area contributed by atoms with Crippen LogP contribution in [0.5, 0.6) is 5.75 Å². The van der Waals surface area contributed by atoms with Crippen molar-refractivity contribution < 1.29 is 9.53 Å². The smallest absolute Gasteiger partial charge is 0.251 e. The predicted molar refractivity (Wildman–Crippen MR) is 134 cm³/mol. The highest BCUT2D eigenvalue weighted by Gasteiger charge is 2.09. The lowest BCUT2D eigenvalue weighted by molar-refractivity contribution is 0.0947. The highest BCUT2D eigenvalue weighted by Crippen LogP contribution is 2.22. The van der Waals surface area contributed by atoms with Crippen molar-refractivity contribution in [2.45, 2.75) is 58.3 Å². The third-order valence-electron chi connectivity index (χ3n) is 6.18. The van der Waals surface area contributed by atoms with Crippen LogP contribution in [0.1, 0.15) is 67.8 Å². The zero-order valence-electron chi connectivity index (χ0n) is 19.6. The van der Waals surface area contributed by atoms with Gasteiger partial charge in [-0.05, 0) is 65.8 Å². The molecule has 3 aromatic carbocycles. The van der Waals surface area contributed by atoms with Gasteiger partial charge in [-0.1, -0.05) is 81.5 Å². The largest absolute Gasteiger partial charge is 0.497 e. The van der Waals surface area contributed by atoms with Crippen LogP contribution in [0.15, 0.2) is 66.7 Å². The molecule has 32 heavy (non-hydrogen) atoms. The number of carbonyl (C=O) groups is 1. The van der Waals surface area contributed by atoms with Gasteiger partial charge in [0.05, 0.1) is 7.11 Å². The van der Waals surface area contributed by atoms with Gasteiger partial charge >= 0.3 is 0 Å². The van der Waals surface area contributed by atoms with E-state index in [1.165, 1.54) is 56.9 Å². The van der Waals surface area contributed by atoms with Crippen LogP contribution in [0.25, 0.3) is 10.8 Å². The van der Waals surface area contributed by atoms with Crippen LogP contribution in [0.2, 0.25) is 0 Å². The van der Waals surface area contributed by atoms with Crippen LogP contribution in [0.3, 0.4) is 0 Å². The number of rotatable bonds is 13. The SMILES string of the molecule is COc1ccc2cc(C(=O)NC[C@H](C)CCCCCCCCc3ccccc3)ccc2c1. The second-order valence-corrected chi connectivity index (χ2v) is 8.89. The van der Waals surface area contributed by atoms with Crippen molar-refractivity contribution in [1.29, 1.82) is 0 Å². The van der Waals surface area contributed by atoms with Crippen LogP contribution in [0, 0.1) is 5.92 Å². The van der Waals surface area contributed by atoms with Gasteiger partial charge in [0.15, 0.2) is 0 Å². The highest BCUT2D eigenvalue weighted by molar-refractivity contribution is 5.98. The Morgan fingerprint density at radius 1 is 0.844 bits per heavy atom. The van der Waals surface area contributed by atoms with E-state index < -0.39 is 0 Å². The van der Waals surface area contributed by atoms with Crippen molar-refractivity contribution in [3.8, 4) is 5.75 Å². The second-order valence-electron chi connectivity index (χ2n) is 8.89. The van der Waals surface area contributed by atoms with Crippen LogP contribution in [-0.4, -0.2) is 19.6 Å². The van der Waals surface area contributed by atoms with Crippen LogP contribution >= 0.6 is 0 Å². The first-order chi connectivity index (χ1) is 15.7. The normalized spacial score (nSPS) is 11.9. The first-order valence-electron chi connectivity index (χ1n) is 12.1. The van der Waals surface area contributed by atoms with Crippen molar-refractivity contribution in [3.63, 3.8) is 0 Å². The van der Waals surface area contributed by atoms with Gasteiger partial charge in [-0.3, -0.25) is 4.79 Å². The van der Waals surface area contributed by atoms with E-state index in [1.54, 1.807) is 7.11 Å². The van der Waals surface area contributed by atoms with Gasteiger partial charge < -0.3 is 10.1 Å². The third-order valence-corrected chi connectivity index (χ3v) is 6.18. The number of methoxy groups -OCH3 is 1. The highest BCUT2D eigenvalue weighted by atomic mass is 16.5. The maximum absolute atomic E-state index is 12.6. The summed E-state index contributed by atoms with van der Waals surface area (Å²) in [5.41, 5.74) is 2.16. The van der Waals surface area contributed by atoms with Crippen LogP contribution in [-0.2, 0) is 6.42 Å². The van der Waals surface area contributed by atoms with E-state index >= 15 is 0 Å². The molecule has 0 aliphatic rings. The number of nitrogens with one attached hydrogen (secondary N) is 1. The first kappa shape index (κ1) is 23.8. The molecular formula is C29H37NO2. The Morgan fingerprint density at radius 2 is 1.53 bits per heavy atom. The molecule has 0 aliphatic heterocycles. The van der Waals surface area contributed by atoms with E-state index in [-0.39, 0.29) is 5.91 Å². The number of ether oxygens (including phenoxy) is 1. The number of unbranched alkanes of at least 4 members (excludes halogenated alkanes) is 5. The summed E-state index contributed by atoms with van der Waals surface area (Å²) in [4.78, 5) is 12.6. The number of hydrogen-bond donors (Lipinski definition) is 1. The fraction of sp³-hybridized carbons (Fsp3) is 0.414. The number of amides is 1. The summed E-state index contributed by atoms with van der Waals surface area (Å²) in [5.74, 6) is 1.34. The Hall–Kier alpha value is -2.81. The van der Waals surface area contributed by atoms with Crippen molar-refractivity contribution in [2.24, 2.45) is 5.92 Å². The van der Waals surface area contributed by atoms with E-state index in [0.717, 1.165) is 23.1 Å². The van der Waals surface area contributed by atoms with E-state index in [0.29, 0.717) is 11.5 Å². The van der Waals surface area contributed by atoms with E-state index in [9.17, 15) is 4.79 Å². The molecule has 0 bridgehead atoms. The van der Waals surface area contributed by atoms with Crippen molar-refractivity contribution >= 4 is 16.7 Å². The summed E-state index contributed by atoms with van der Waals surface area (Å²) in [6.07, 6.45) is 10.1. The van der Waals surface area contributed by atoms with Gasteiger partial charge in [-0.25, -0.2) is 0 Å². The molecule has 0 heterocycles. The summed E-state index contributed by atoms with van der Waals surface area (Å²) in [6.45, 7) is 2.96. The molecule has 3 aromatic rings. The van der Waals surface area contributed by atoms with E-state index in [2.05, 4.69) is 42.6 Å². The molecule has 0 spiro atoms. The van der Waals surface area contributed by atoms with Crippen LogP contribution in [0.4, 0.5) is 0 Å². The van der Waals surface area contributed by atoms with Gasteiger partial charge in [0, 0.05) is 12.1 Å². The fourth-order valence-corrected chi connectivity index (χ4v) is 4.14. The molecule has 1 amide bonds. The molecule has 0 aromatic heterocycles. The molecule has 0 aliphatic carbocycles. The molecule has 3 nitrogen and oxygen atoms in total. The molecule has 3 heteroatoms. The minimum atomic E-state index is 0.00739. The Morgan fingerprint density at radius 3 is 2.31 bits per heavy atom.